The Kier molecular flexibility index (Phi) is 4.01. The topological polar surface area (TPSA) is 30.3 Å². The van der Waals surface area contributed by atoms with Crippen molar-refractivity contribution in [2.45, 2.75) is 6.42 Å². The summed E-state index contributed by atoms with van der Waals surface area (Å²) in [7, 11) is 3.81. The highest BCUT2D eigenvalue weighted by molar-refractivity contribution is 5.51. The molecule has 102 valence electrons. The summed E-state index contributed by atoms with van der Waals surface area (Å²) in [5.41, 5.74) is -0.0405. The standard InChI is InChI=1S/C14H17F2N3/c1-18-6-5-10(8-18)9-19(2)12-4-3-11(7-17)13(15)14(12)16/h3-4,10H,5-6,8-9H2,1-2H3. The lowest BCUT2D eigenvalue weighted by atomic mass is 10.1. The highest BCUT2D eigenvalue weighted by Gasteiger charge is 2.23. The molecule has 1 aromatic carbocycles. The first-order valence-electron chi connectivity index (χ1n) is 6.30. The molecular weight excluding hydrogens is 248 g/mol. The van der Waals surface area contributed by atoms with E-state index in [0.29, 0.717) is 12.5 Å². The molecule has 0 radical (unpaired) electrons. The van der Waals surface area contributed by atoms with E-state index in [1.807, 2.05) is 0 Å². The van der Waals surface area contributed by atoms with Crippen molar-refractivity contribution < 1.29 is 8.78 Å². The summed E-state index contributed by atoms with van der Waals surface area (Å²) in [6, 6.07) is 4.43. The quantitative estimate of drug-likeness (QED) is 0.839. The average molecular weight is 265 g/mol. The van der Waals surface area contributed by atoms with Crippen LogP contribution in [-0.4, -0.2) is 38.6 Å². The normalized spacial score (nSPS) is 19.4. The summed E-state index contributed by atoms with van der Waals surface area (Å²) < 4.78 is 27.4. The Hall–Kier alpha value is -1.67. The van der Waals surface area contributed by atoms with Crippen molar-refractivity contribution in [1.82, 2.24) is 4.90 Å². The molecule has 1 unspecified atom stereocenters. The third kappa shape index (κ3) is 2.85. The maximum Gasteiger partial charge on any atom is 0.183 e. The predicted octanol–water partition coefficient (Wildman–Crippen LogP) is 2.22. The zero-order chi connectivity index (χ0) is 14.0. The van der Waals surface area contributed by atoms with Gasteiger partial charge in [0.05, 0.1) is 11.3 Å². The van der Waals surface area contributed by atoms with Crippen molar-refractivity contribution in [2.24, 2.45) is 5.92 Å². The van der Waals surface area contributed by atoms with Gasteiger partial charge in [-0.2, -0.15) is 5.26 Å². The Morgan fingerprint density at radius 3 is 2.74 bits per heavy atom. The van der Waals surface area contributed by atoms with Crippen molar-refractivity contribution in [3.8, 4) is 6.07 Å². The average Bonchev–Trinajstić information content (AvgIpc) is 2.78. The van der Waals surface area contributed by atoms with Crippen LogP contribution < -0.4 is 4.90 Å². The number of hydrogen-bond acceptors (Lipinski definition) is 3. The van der Waals surface area contributed by atoms with E-state index in [9.17, 15) is 8.78 Å². The predicted molar refractivity (Wildman–Crippen MR) is 69.9 cm³/mol. The fraction of sp³-hybridized carbons (Fsp3) is 0.500. The number of nitriles is 1. The highest BCUT2D eigenvalue weighted by atomic mass is 19.2. The molecule has 2 rings (SSSR count). The highest BCUT2D eigenvalue weighted by Crippen LogP contribution is 2.25. The van der Waals surface area contributed by atoms with Gasteiger partial charge in [0.1, 0.15) is 6.07 Å². The molecular formula is C14H17F2N3. The van der Waals surface area contributed by atoms with Crippen LogP contribution in [0.4, 0.5) is 14.5 Å². The van der Waals surface area contributed by atoms with Gasteiger partial charge in [0.15, 0.2) is 11.6 Å². The molecule has 3 nitrogen and oxygen atoms in total. The van der Waals surface area contributed by atoms with E-state index in [2.05, 4.69) is 11.9 Å². The Labute approximate surface area is 112 Å². The summed E-state index contributed by atoms with van der Waals surface area (Å²) in [5, 5.41) is 8.66. The zero-order valence-electron chi connectivity index (χ0n) is 11.2. The number of hydrogen-bond donors (Lipinski definition) is 0. The van der Waals surface area contributed by atoms with Crippen molar-refractivity contribution >= 4 is 5.69 Å². The van der Waals surface area contributed by atoms with Gasteiger partial charge in [-0.25, -0.2) is 8.78 Å². The van der Waals surface area contributed by atoms with Crippen LogP contribution in [0.3, 0.4) is 0 Å². The van der Waals surface area contributed by atoms with Gasteiger partial charge in [-0.05, 0) is 38.1 Å². The molecule has 1 aromatic rings. The van der Waals surface area contributed by atoms with E-state index in [1.165, 1.54) is 12.1 Å². The molecule has 0 amide bonds. The second-order valence-corrected chi connectivity index (χ2v) is 5.17. The minimum atomic E-state index is -1.06. The Balaban J connectivity index is 2.13. The molecule has 1 fully saturated rings. The van der Waals surface area contributed by atoms with Crippen molar-refractivity contribution in [2.75, 3.05) is 38.6 Å². The molecule has 0 N–H and O–H groups in total. The van der Waals surface area contributed by atoms with E-state index in [1.54, 1.807) is 18.0 Å². The van der Waals surface area contributed by atoms with Crippen LogP contribution in [0, 0.1) is 28.9 Å². The number of rotatable bonds is 3. The first-order valence-corrected chi connectivity index (χ1v) is 6.30. The molecule has 0 saturated carbocycles. The Bertz CT molecular complexity index is 510. The van der Waals surface area contributed by atoms with E-state index >= 15 is 0 Å². The zero-order valence-corrected chi connectivity index (χ0v) is 11.2. The molecule has 0 spiro atoms. The fourth-order valence-corrected chi connectivity index (χ4v) is 2.58. The van der Waals surface area contributed by atoms with Gasteiger partial charge in [0, 0.05) is 20.1 Å². The lowest BCUT2D eigenvalue weighted by molar-refractivity contribution is 0.395. The molecule has 0 bridgehead atoms. The number of likely N-dealkylation sites (tertiary alicyclic amines) is 1. The second-order valence-electron chi connectivity index (χ2n) is 5.17. The van der Waals surface area contributed by atoms with Gasteiger partial charge in [-0.15, -0.1) is 0 Å². The van der Waals surface area contributed by atoms with Gasteiger partial charge < -0.3 is 9.80 Å². The maximum absolute atomic E-state index is 13.9. The number of halogens is 2. The first-order chi connectivity index (χ1) is 9.02. The Morgan fingerprint density at radius 1 is 1.42 bits per heavy atom. The van der Waals surface area contributed by atoms with E-state index < -0.39 is 11.6 Å². The van der Waals surface area contributed by atoms with Crippen LogP contribution in [0.2, 0.25) is 0 Å². The van der Waals surface area contributed by atoms with E-state index in [4.69, 9.17) is 5.26 Å². The van der Waals surface area contributed by atoms with Crippen LogP contribution in [-0.2, 0) is 0 Å². The summed E-state index contributed by atoms with van der Waals surface area (Å²) >= 11 is 0. The third-order valence-electron chi connectivity index (χ3n) is 3.61. The monoisotopic (exact) mass is 265 g/mol. The first kappa shape index (κ1) is 13.8. The molecule has 0 aromatic heterocycles. The van der Waals surface area contributed by atoms with E-state index in [0.717, 1.165) is 19.5 Å². The minimum absolute atomic E-state index is 0.214. The molecule has 1 saturated heterocycles. The molecule has 1 aliphatic rings. The van der Waals surface area contributed by atoms with Crippen LogP contribution in [0.1, 0.15) is 12.0 Å². The number of nitrogens with zero attached hydrogens (tertiary/aromatic N) is 3. The van der Waals surface area contributed by atoms with Crippen LogP contribution >= 0.6 is 0 Å². The molecule has 0 aliphatic carbocycles. The van der Waals surface area contributed by atoms with Crippen LogP contribution in [0.5, 0.6) is 0 Å². The molecule has 1 heterocycles. The molecule has 5 heteroatoms. The van der Waals surface area contributed by atoms with Crippen molar-refractivity contribution in [1.29, 1.82) is 5.26 Å². The van der Waals surface area contributed by atoms with Gasteiger partial charge in [0.25, 0.3) is 0 Å². The largest absolute Gasteiger partial charge is 0.372 e. The minimum Gasteiger partial charge on any atom is -0.372 e. The van der Waals surface area contributed by atoms with E-state index in [-0.39, 0.29) is 11.3 Å². The molecule has 1 atom stereocenters. The molecule has 19 heavy (non-hydrogen) atoms. The summed E-state index contributed by atoms with van der Waals surface area (Å²) in [5.74, 6) is -1.53. The SMILES string of the molecule is CN1CCC(CN(C)c2ccc(C#N)c(F)c2F)C1. The van der Waals surface area contributed by atoms with Crippen LogP contribution in [0.25, 0.3) is 0 Å². The summed E-state index contributed by atoms with van der Waals surface area (Å²) in [6.07, 6.45) is 1.07. The number of anilines is 1. The summed E-state index contributed by atoms with van der Waals surface area (Å²) in [6.45, 7) is 2.71. The van der Waals surface area contributed by atoms with Gasteiger partial charge in [0.2, 0.25) is 0 Å². The van der Waals surface area contributed by atoms with Crippen molar-refractivity contribution in [3.05, 3.63) is 29.3 Å². The lowest BCUT2D eigenvalue weighted by Crippen LogP contribution is -2.28. The van der Waals surface area contributed by atoms with Gasteiger partial charge >= 0.3 is 0 Å². The van der Waals surface area contributed by atoms with Crippen molar-refractivity contribution in [3.63, 3.8) is 0 Å². The lowest BCUT2D eigenvalue weighted by Gasteiger charge is -2.23. The van der Waals surface area contributed by atoms with Crippen LogP contribution in [0.15, 0.2) is 12.1 Å². The summed E-state index contributed by atoms with van der Waals surface area (Å²) in [4.78, 5) is 3.96. The number of benzene rings is 1. The van der Waals surface area contributed by atoms with Gasteiger partial charge in [-0.3, -0.25) is 0 Å². The maximum atomic E-state index is 13.9. The molecule has 1 aliphatic heterocycles. The fourth-order valence-electron chi connectivity index (χ4n) is 2.58. The second kappa shape index (κ2) is 5.54. The smallest absolute Gasteiger partial charge is 0.183 e. The third-order valence-corrected chi connectivity index (χ3v) is 3.61. The Morgan fingerprint density at radius 2 is 2.16 bits per heavy atom. The van der Waals surface area contributed by atoms with Gasteiger partial charge in [-0.1, -0.05) is 0 Å².